The van der Waals surface area contributed by atoms with Crippen LogP contribution in [0.15, 0.2) is 51.8 Å². The van der Waals surface area contributed by atoms with Crippen LogP contribution in [0.3, 0.4) is 0 Å². The standard InChI is InChI=1S/C23H22ClN5O5S/c24-15-4-1-13(2-5-15)11-29-18-9-14(3-6-20(18)35(31,32)12-16(25)22(29)30)21-26-27-23(34-21)28-7-8-33-19-10-17(19)28/h1-6,9,16-17,19H,7-8,10-12,25H2/t16-,17?,19?/m0/s1. The molecule has 2 N–H and O–H groups in total. The average molecular weight is 516 g/mol. The summed E-state index contributed by atoms with van der Waals surface area (Å²) >= 11 is 6.00. The average Bonchev–Trinajstić information content (AvgIpc) is 3.50. The van der Waals surface area contributed by atoms with Gasteiger partial charge in [-0.15, -0.1) is 5.10 Å². The highest BCUT2D eigenvalue weighted by molar-refractivity contribution is 7.91. The topological polar surface area (TPSA) is 132 Å². The maximum Gasteiger partial charge on any atom is 0.318 e. The van der Waals surface area contributed by atoms with Gasteiger partial charge in [-0.3, -0.25) is 4.79 Å². The molecule has 0 bridgehead atoms. The summed E-state index contributed by atoms with van der Waals surface area (Å²) in [6.07, 6.45) is 1.13. The third-order valence-corrected chi connectivity index (χ3v) is 8.56. The summed E-state index contributed by atoms with van der Waals surface area (Å²) in [5.74, 6) is -0.727. The quantitative estimate of drug-likeness (QED) is 0.554. The Morgan fingerprint density at radius 1 is 1.14 bits per heavy atom. The van der Waals surface area contributed by atoms with Gasteiger partial charge in [-0.25, -0.2) is 8.42 Å². The third kappa shape index (κ3) is 4.08. The van der Waals surface area contributed by atoms with Gasteiger partial charge in [0.05, 0.1) is 47.7 Å². The smallest absolute Gasteiger partial charge is 0.318 e. The van der Waals surface area contributed by atoms with E-state index in [4.69, 9.17) is 26.5 Å². The van der Waals surface area contributed by atoms with E-state index in [0.717, 1.165) is 12.0 Å². The van der Waals surface area contributed by atoms with Gasteiger partial charge < -0.3 is 24.7 Å². The number of carbonyl (C=O) groups is 1. The molecule has 10 nitrogen and oxygen atoms in total. The molecule has 12 heteroatoms. The number of morpholine rings is 1. The molecule has 2 aliphatic heterocycles. The van der Waals surface area contributed by atoms with Gasteiger partial charge in [0.15, 0.2) is 9.84 Å². The number of anilines is 2. The van der Waals surface area contributed by atoms with Crippen molar-refractivity contribution in [3.8, 4) is 11.5 Å². The van der Waals surface area contributed by atoms with Crippen LogP contribution >= 0.6 is 11.6 Å². The molecule has 182 valence electrons. The van der Waals surface area contributed by atoms with E-state index in [0.29, 0.717) is 29.8 Å². The highest BCUT2D eigenvalue weighted by Crippen LogP contribution is 2.39. The van der Waals surface area contributed by atoms with Crippen LogP contribution in [0.1, 0.15) is 12.0 Å². The van der Waals surface area contributed by atoms with Crippen LogP contribution in [0.5, 0.6) is 0 Å². The zero-order valence-electron chi connectivity index (χ0n) is 18.5. The normalized spacial score (nSPS) is 25.1. The molecule has 0 radical (unpaired) electrons. The first-order chi connectivity index (χ1) is 16.8. The minimum atomic E-state index is -3.80. The van der Waals surface area contributed by atoms with E-state index in [1.54, 1.807) is 36.4 Å². The lowest BCUT2D eigenvalue weighted by atomic mass is 10.1. The van der Waals surface area contributed by atoms with Crippen molar-refractivity contribution in [1.82, 2.24) is 10.2 Å². The first kappa shape index (κ1) is 22.5. The molecule has 1 aromatic heterocycles. The summed E-state index contributed by atoms with van der Waals surface area (Å²) in [6.45, 7) is 1.38. The van der Waals surface area contributed by atoms with E-state index in [9.17, 15) is 13.2 Å². The Hall–Kier alpha value is -2.99. The molecule has 6 rings (SSSR count). The fraction of sp³-hybridized carbons (Fsp3) is 0.348. The van der Waals surface area contributed by atoms with Crippen LogP contribution in [-0.4, -0.2) is 61.6 Å². The van der Waals surface area contributed by atoms with E-state index in [2.05, 4.69) is 10.2 Å². The van der Waals surface area contributed by atoms with Gasteiger partial charge >= 0.3 is 6.01 Å². The fourth-order valence-electron chi connectivity index (χ4n) is 4.60. The number of rotatable bonds is 4. The molecule has 1 aliphatic carbocycles. The Balaban J connectivity index is 1.40. The SMILES string of the molecule is N[C@H]1CS(=O)(=O)c2ccc(-c3nnc(N4CCOC5CC54)o3)cc2N(Cc2ccc(Cl)cc2)C1=O. The van der Waals surface area contributed by atoms with Crippen molar-refractivity contribution in [1.29, 1.82) is 0 Å². The Kier molecular flexibility index (Phi) is 5.33. The lowest BCUT2D eigenvalue weighted by molar-refractivity contribution is -0.119. The Morgan fingerprint density at radius 2 is 1.94 bits per heavy atom. The largest absolute Gasteiger partial charge is 0.403 e. The van der Waals surface area contributed by atoms with Crippen molar-refractivity contribution in [3.63, 3.8) is 0 Å². The molecule has 3 atom stereocenters. The van der Waals surface area contributed by atoms with Gasteiger partial charge in [-0.1, -0.05) is 28.8 Å². The maximum absolute atomic E-state index is 13.2. The van der Waals surface area contributed by atoms with Crippen molar-refractivity contribution in [3.05, 3.63) is 53.1 Å². The summed E-state index contributed by atoms with van der Waals surface area (Å²) < 4.78 is 37.7. The molecule has 1 amide bonds. The monoisotopic (exact) mass is 515 g/mol. The van der Waals surface area contributed by atoms with E-state index >= 15 is 0 Å². The zero-order valence-corrected chi connectivity index (χ0v) is 20.1. The maximum atomic E-state index is 13.2. The van der Waals surface area contributed by atoms with Crippen LogP contribution in [0.2, 0.25) is 5.02 Å². The van der Waals surface area contributed by atoms with Gasteiger partial charge in [0, 0.05) is 17.1 Å². The molecule has 2 fully saturated rings. The van der Waals surface area contributed by atoms with Crippen molar-refractivity contribution in [2.45, 2.75) is 36.0 Å². The van der Waals surface area contributed by atoms with Crippen molar-refractivity contribution >= 4 is 39.0 Å². The number of nitrogens with two attached hydrogens (primary N) is 1. The number of hydrogen-bond donors (Lipinski definition) is 1. The van der Waals surface area contributed by atoms with Gasteiger partial charge in [0.2, 0.25) is 11.8 Å². The molecule has 2 unspecified atom stereocenters. The number of fused-ring (bicyclic) bond motifs is 2. The van der Waals surface area contributed by atoms with Crippen molar-refractivity contribution in [2.75, 3.05) is 28.7 Å². The minimum Gasteiger partial charge on any atom is -0.403 e. The summed E-state index contributed by atoms with van der Waals surface area (Å²) in [5, 5.41) is 8.94. The minimum absolute atomic E-state index is 0.0326. The van der Waals surface area contributed by atoms with E-state index in [1.807, 2.05) is 4.90 Å². The molecule has 3 aliphatic rings. The highest BCUT2D eigenvalue weighted by Gasteiger charge is 2.47. The number of amides is 1. The van der Waals surface area contributed by atoms with Gasteiger partial charge in [0.25, 0.3) is 0 Å². The van der Waals surface area contributed by atoms with Crippen LogP contribution in [0, 0.1) is 0 Å². The lowest BCUT2D eigenvalue weighted by Crippen LogP contribution is -2.45. The number of benzene rings is 2. The predicted molar refractivity (Wildman–Crippen MR) is 128 cm³/mol. The van der Waals surface area contributed by atoms with E-state index in [-0.39, 0.29) is 35.2 Å². The second-order valence-electron chi connectivity index (χ2n) is 8.92. The highest BCUT2D eigenvalue weighted by atomic mass is 35.5. The number of sulfone groups is 1. The lowest BCUT2D eigenvalue weighted by Gasteiger charge is -2.24. The number of hydrogen-bond acceptors (Lipinski definition) is 9. The Morgan fingerprint density at radius 3 is 2.74 bits per heavy atom. The van der Waals surface area contributed by atoms with Gasteiger partial charge in [0.1, 0.15) is 0 Å². The van der Waals surface area contributed by atoms with Crippen LogP contribution in [0.4, 0.5) is 11.7 Å². The second-order valence-corrected chi connectivity index (χ2v) is 11.4. The molecular weight excluding hydrogens is 494 g/mol. The van der Waals surface area contributed by atoms with Gasteiger partial charge in [-0.05, 0) is 42.3 Å². The molecule has 2 aromatic carbocycles. The summed E-state index contributed by atoms with van der Waals surface area (Å²) in [6, 6.07) is 11.1. The molecule has 35 heavy (non-hydrogen) atoms. The van der Waals surface area contributed by atoms with E-state index in [1.165, 1.54) is 11.0 Å². The van der Waals surface area contributed by atoms with E-state index < -0.39 is 27.5 Å². The molecule has 0 spiro atoms. The first-order valence-electron chi connectivity index (χ1n) is 11.2. The second kappa shape index (κ2) is 8.30. The molecule has 3 heterocycles. The predicted octanol–water partition coefficient (Wildman–Crippen LogP) is 2.02. The Bertz CT molecular complexity index is 1410. The van der Waals surface area contributed by atoms with Crippen molar-refractivity contribution < 1.29 is 22.4 Å². The summed E-state index contributed by atoms with van der Waals surface area (Å²) in [5.41, 5.74) is 7.51. The fourth-order valence-corrected chi connectivity index (χ4v) is 6.28. The number of ether oxygens (including phenoxy) is 1. The van der Waals surface area contributed by atoms with Gasteiger partial charge in [-0.2, -0.15) is 0 Å². The third-order valence-electron chi connectivity index (χ3n) is 6.49. The molecule has 3 aromatic rings. The first-order valence-corrected chi connectivity index (χ1v) is 13.2. The van der Waals surface area contributed by atoms with Crippen LogP contribution in [0.25, 0.3) is 11.5 Å². The zero-order chi connectivity index (χ0) is 24.3. The number of carbonyl (C=O) groups excluding carboxylic acids is 1. The Labute approximate surface area is 206 Å². The molecule has 1 saturated carbocycles. The molecular formula is C23H22ClN5O5S. The number of aromatic nitrogens is 2. The number of halogens is 1. The van der Waals surface area contributed by atoms with Crippen LogP contribution in [-0.2, 0) is 25.9 Å². The summed E-state index contributed by atoms with van der Waals surface area (Å²) in [7, 11) is -3.80. The number of nitrogens with zero attached hydrogens (tertiary/aromatic N) is 4. The van der Waals surface area contributed by atoms with Crippen molar-refractivity contribution in [2.24, 2.45) is 5.73 Å². The van der Waals surface area contributed by atoms with Crippen LogP contribution < -0.4 is 15.5 Å². The molecule has 1 saturated heterocycles. The summed E-state index contributed by atoms with van der Waals surface area (Å²) in [4.78, 5) is 16.7.